The van der Waals surface area contributed by atoms with Crippen molar-refractivity contribution in [1.82, 2.24) is 4.90 Å². The minimum absolute atomic E-state index is 0.0211. The largest absolute Gasteiger partial charge is 0.505 e. The molecule has 0 aromatic heterocycles. The third-order valence-corrected chi connectivity index (χ3v) is 6.57. The minimum atomic E-state index is -0.0465. The average Bonchev–Trinajstić information content (AvgIpc) is 3.14. The monoisotopic (exact) mass is 419 g/mol. The fraction of sp³-hybridized carbons (Fsp3) is 0.444. The van der Waals surface area contributed by atoms with E-state index in [1.807, 2.05) is 12.1 Å². The molecule has 1 heterocycles. The minimum Gasteiger partial charge on any atom is -0.505 e. The van der Waals surface area contributed by atoms with E-state index in [1.54, 1.807) is 13.4 Å². The van der Waals surface area contributed by atoms with Gasteiger partial charge < -0.3 is 9.47 Å². The van der Waals surface area contributed by atoms with Gasteiger partial charge in [-0.05, 0) is 55.1 Å². The van der Waals surface area contributed by atoms with Crippen LogP contribution in [0.15, 0.2) is 66.9 Å². The molecule has 164 valence electrons. The molecule has 0 N–H and O–H groups in total. The highest BCUT2D eigenvalue weighted by molar-refractivity contribution is 5.87. The van der Waals surface area contributed by atoms with E-state index in [0.29, 0.717) is 18.8 Å². The highest BCUT2D eigenvalue weighted by atomic mass is 16.5. The van der Waals surface area contributed by atoms with Gasteiger partial charge in [-0.2, -0.15) is 0 Å². The van der Waals surface area contributed by atoms with Crippen molar-refractivity contribution in [3.05, 3.63) is 72.5 Å². The summed E-state index contributed by atoms with van der Waals surface area (Å²) in [5, 5.41) is 0. The van der Waals surface area contributed by atoms with Crippen LogP contribution in [0.4, 0.5) is 0 Å². The topological polar surface area (TPSA) is 38.8 Å². The summed E-state index contributed by atoms with van der Waals surface area (Å²) in [4.78, 5) is 15.4. The molecule has 0 radical (unpaired) electrons. The van der Waals surface area contributed by atoms with Crippen molar-refractivity contribution in [2.24, 2.45) is 5.92 Å². The lowest BCUT2D eigenvalue weighted by Gasteiger charge is -2.35. The Morgan fingerprint density at radius 2 is 1.68 bits per heavy atom. The number of hydrogen-bond donors (Lipinski definition) is 0. The predicted octanol–water partition coefficient (Wildman–Crippen LogP) is 5.23. The van der Waals surface area contributed by atoms with E-state index in [1.165, 1.54) is 30.4 Å². The summed E-state index contributed by atoms with van der Waals surface area (Å²) >= 11 is 0. The summed E-state index contributed by atoms with van der Waals surface area (Å²) in [7, 11) is 1.66. The molecule has 3 atom stereocenters. The van der Waals surface area contributed by atoms with E-state index in [0.717, 1.165) is 25.1 Å². The molecule has 1 saturated carbocycles. The number of carbonyl (C=O) groups is 1. The first kappa shape index (κ1) is 21.8. The lowest BCUT2D eigenvalue weighted by molar-refractivity contribution is -0.123. The maximum absolute atomic E-state index is 13.0. The van der Waals surface area contributed by atoms with Crippen LogP contribution in [0, 0.1) is 5.92 Å². The highest BCUT2D eigenvalue weighted by Gasteiger charge is 2.45. The zero-order chi connectivity index (χ0) is 21.5. The van der Waals surface area contributed by atoms with Gasteiger partial charge in [-0.1, -0.05) is 61.0 Å². The molecular weight excluding hydrogens is 386 g/mol. The fourth-order valence-corrected chi connectivity index (χ4v) is 4.98. The fourth-order valence-electron chi connectivity index (χ4n) is 4.98. The maximum atomic E-state index is 13.0. The number of methoxy groups -OCH3 is 1. The van der Waals surface area contributed by atoms with Gasteiger partial charge in [0.1, 0.15) is 0 Å². The van der Waals surface area contributed by atoms with Crippen LogP contribution >= 0.6 is 0 Å². The van der Waals surface area contributed by atoms with Crippen molar-refractivity contribution in [1.29, 1.82) is 0 Å². The Labute approximate surface area is 185 Å². The standard InChI is InChI=1S/C27H33NO3/c1-30-18-8-11-24-26(19-25(29)27(24)28-16-6-3-7-17-28)31-20-21-12-14-23(15-13-21)22-9-4-2-5-10-22/h2,4-5,8-10,12-15,18,24,26-27H,3,6-7,11,16-17,19-20H2,1H3/t24-,26-,27+/m0/s1. The highest BCUT2D eigenvalue weighted by Crippen LogP contribution is 2.35. The SMILES string of the molecule is COC=CC[C@H]1[C@@H](OCc2ccc(-c3ccccc3)cc2)CC(=O)[C@@H]1N1CCCCC1. The number of allylic oxidation sites excluding steroid dienone is 1. The summed E-state index contributed by atoms with van der Waals surface area (Å²) in [6.07, 6.45) is 8.65. The Morgan fingerprint density at radius 1 is 0.968 bits per heavy atom. The van der Waals surface area contributed by atoms with Crippen LogP contribution in [-0.2, 0) is 20.9 Å². The van der Waals surface area contributed by atoms with Gasteiger partial charge in [0.25, 0.3) is 0 Å². The van der Waals surface area contributed by atoms with Gasteiger partial charge in [-0.15, -0.1) is 0 Å². The van der Waals surface area contributed by atoms with E-state index in [4.69, 9.17) is 9.47 Å². The van der Waals surface area contributed by atoms with E-state index >= 15 is 0 Å². The second-order valence-corrected chi connectivity index (χ2v) is 8.63. The number of piperidine rings is 1. The van der Waals surface area contributed by atoms with Gasteiger partial charge in [0.05, 0.1) is 32.1 Å². The maximum Gasteiger partial charge on any atom is 0.152 e. The number of Topliss-reactive ketones (excluding diaryl/α,β-unsaturated/α-hetero) is 1. The summed E-state index contributed by atoms with van der Waals surface area (Å²) in [6, 6.07) is 18.9. The van der Waals surface area contributed by atoms with Crippen molar-refractivity contribution >= 4 is 5.78 Å². The van der Waals surface area contributed by atoms with Crippen LogP contribution in [0.2, 0.25) is 0 Å². The molecular formula is C27H33NO3. The van der Waals surface area contributed by atoms with Crippen LogP contribution in [-0.4, -0.2) is 43.0 Å². The van der Waals surface area contributed by atoms with Gasteiger partial charge in [-0.25, -0.2) is 0 Å². The molecule has 2 aliphatic rings. The Balaban J connectivity index is 1.42. The molecule has 4 nitrogen and oxygen atoms in total. The first-order chi connectivity index (χ1) is 15.3. The van der Waals surface area contributed by atoms with Gasteiger partial charge in [0.2, 0.25) is 0 Å². The van der Waals surface area contributed by atoms with Crippen molar-refractivity contribution in [3.8, 4) is 11.1 Å². The third kappa shape index (κ3) is 5.44. The number of hydrogen-bond acceptors (Lipinski definition) is 4. The van der Waals surface area contributed by atoms with Crippen LogP contribution < -0.4 is 0 Å². The average molecular weight is 420 g/mol. The Morgan fingerprint density at radius 3 is 2.39 bits per heavy atom. The van der Waals surface area contributed by atoms with Gasteiger partial charge in [-0.3, -0.25) is 9.69 Å². The van der Waals surface area contributed by atoms with E-state index in [-0.39, 0.29) is 18.1 Å². The van der Waals surface area contributed by atoms with Gasteiger partial charge >= 0.3 is 0 Å². The Hall–Kier alpha value is -2.43. The zero-order valence-electron chi connectivity index (χ0n) is 18.4. The molecule has 1 saturated heterocycles. The molecule has 2 fully saturated rings. The number of benzene rings is 2. The summed E-state index contributed by atoms with van der Waals surface area (Å²) in [5.41, 5.74) is 3.55. The van der Waals surface area contributed by atoms with Gasteiger partial charge in [0.15, 0.2) is 5.78 Å². The summed E-state index contributed by atoms with van der Waals surface area (Å²) in [6.45, 7) is 2.58. The van der Waals surface area contributed by atoms with Gasteiger partial charge in [0, 0.05) is 12.3 Å². The molecule has 1 aliphatic heterocycles. The number of carbonyl (C=O) groups excluding carboxylic acids is 1. The lowest BCUT2D eigenvalue weighted by atomic mass is 9.94. The molecule has 0 amide bonds. The van der Waals surface area contributed by atoms with E-state index in [9.17, 15) is 4.79 Å². The van der Waals surface area contributed by atoms with Crippen molar-refractivity contribution in [3.63, 3.8) is 0 Å². The molecule has 2 aromatic rings. The lowest BCUT2D eigenvalue weighted by Crippen LogP contribution is -2.46. The number of likely N-dealkylation sites (tertiary alicyclic amines) is 1. The summed E-state index contributed by atoms with van der Waals surface area (Å²) in [5.74, 6) is 0.516. The van der Waals surface area contributed by atoms with Crippen molar-refractivity contribution < 1.29 is 14.3 Å². The molecule has 0 spiro atoms. The molecule has 4 rings (SSSR count). The number of ketones is 1. The Bertz CT molecular complexity index is 856. The zero-order valence-corrected chi connectivity index (χ0v) is 18.4. The number of ether oxygens (including phenoxy) is 2. The quantitative estimate of drug-likeness (QED) is 0.549. The van der Waals surface area contributed by atoms with Crippen LogP contribution in [0.1, 0.15) is 37.7 Å². The second kappa shape index (κ2) is 10.7. The summed E-state index contributed by atoms with van der Waals surface area (Å²) < 4.78 is 11.4. The third-order valence-electron chi connectivity index (χ3n) is 6.57. The Kier molecular flexibility index (Phi) is 7.55. The van der Waals surface area contributed by atoms with Crippen LogP contribution in [0.3, 0.4) is 0 Å². The van der Waals surface area contributed by atoms with Crippen LogP contribution in [0.25, 0.3) is 11.1 Å². The molecule has 2 aromatic carbocycles. The van der Waals surface area contributed by atoms with E-state index in [2.05, 4.69) is 53.4 Å². The van der Waals surface area contributed by atoms with Crippen LogP contribution in [0.5, 0.6) is 0 Å². The number of rotatable bonds is 8. The predicted molar refractivity (Wildman–Crippen MR) is 124 cm³/mol. The molecule has 1 aliphatic carbocycles. The van der Waals surface area contributed by atoms with E-state index < -0.39 is 0 Å². The molecule has 0 bridgehead atoms. The molecule has 0 unspecified atom stereocenters. The van der Waals surface area contributed by atoms with Crippen molar-refractivity contribution in [2.45, 2.75) is 50.9 Å². The second-order valence-electron chi connectivity index (χ2n) is 8.63. The molecule has 4 heteroatoms. The first-order valence-corrected chi connectivity index (χ1v) is 11.5. The first-order valence-electron chi connectivity index (χ1n) is 11.5. The number of nitrogens with zero attached hydrogens (tertiary/aromatic N) is 1. The smallest absolute Gasteiger partial charge is 0.152 e. The van der Waals surface area contributed by atoms with Crippen molar-refractivity contribution in [2.75, 3.05) is 20.2 Å². The normalized spacial score (nSPS) is 24.7. The molecule has 31 heavy (non-hydrogen) atoms.